The van der Waals surface area contributed by atoms with Gasteiger partial charge in [0, 0.05) is 60.8 Å². The Hall–Kier alpha value is -6.51. The molecule has 14 nitrogen and oxygen atoms in total. The van der Waals surface area contributed by atoms with Crippen LogP contribution in [0.5, 0.6) is 0 Å². The third-order valence-corrected chi connectivity index (χ3v) is 9.69. The number of hydrogen-bond donors (Lipinski definition) is 6. The van der Waals surface area contributed by atoms with E-state index in [2.05, 4.69) is 26.3 Å². The average molecular weight is 744 g/mol. The molecule has 2 aliphatic rings. The second kappa shape index (κ2) is 16.7. The predicted octanol–water partition coefficient (Wildman–Crippen LogP) is 4.92. The van der Waals surface area contributed by atoms with Gasteiger partial charge in [-0.2, -0.15) is 0 Å². The predicted molar refractivity (Wildman–Crippen MR) is 204 cm³/mol. The van der Waals surface area contributed by atoms with Gasteiger partial charge >= 0.3 is 12.1 Å². The van der Waals surface area contributed by atoms with E-state index in [-0.39, 0.29) is 23.9 Å². The van der Waals surface area contributed by atoms with Gasteiger partial charge in [-0.15, -0.1) is 0 Å². The fourth-order valence-electron chi connectivity index (χ4n) is 6.72. The molecule has 0 unspecified atom stereocenters. The molecule has 4 aromatic carbocycles. The number of urea groups is 2. The van der Waals surface area contributed by atoms with Crippen LogP contribution in [0.2, 0.25) is 0 Å². The van der Waals surface area contributed by atoms with Gasteiger partial charge in [0.05, 0.1) is 6.20 Å². The van der Waals surface area contributed by atoms with Gasteiger partial charge in [0.2, 0.25) is 5.89 Å². The summed E-state index contributed by atoms with van der Waals surface area (Å²) < 4.78 is 6.01. The quantitative estimate of drug-likeness (QED) is 0.116. The summed E-state index contributed by atoms with van der Waals surface area (Å²) in [6.45, 7) is 1.49. The molecule has 14 heteroatoms. The Morgan fingerprint density at radius 3 is 1.51 bits per heavy atom. The molecular weight excluding hydrogens is 702 g/mol. The van der Waals surface area contributed by atoms with E-state index in [4.69, 9.17) is 4.42 Å². The van der Waals surface area contributed by atoms with Gasteiger partial charge < -0.3 is 45.7 Å². The fourth-order valence-corrected chi connectivity index (χ4v) is 6.72. The first-order valence-corrected chi connectivity index (χ1v) is 18.1. The van der Waals surface area contributed by atoms with Crippen molar-refractivity contribution >= 4 is 35.3 Å². The Morgan fingerprint density at radius 2 is 1.05 bits per heavy atom. The summed E-state index contributed by atoms with van der Waals surface area (Å²) in [6, 6.07) is 30.4. The molecule has 7 rings (SSSR count). The number of benzene rings is 4. The summed E-state index contributed by atoms with van der Waals surface area (Å²) in [7, 11) is 0. The molecule has 0 aliphatic carbocycles. The number of aromatic nitrogens is 1. The molecule has 0 spiro atoms. The van der Waals surface area contributed by atoms with Crippen LogP contribution in [-0.2, 0) is 9.59 Å². The molecule has 0 saturated carbocycles. The normalized spacial score (nSPS) is 17.6. The van der Waals surface area contributed by atoms with Gasteiger partial charge in [0.15, 0.2) is 18.0 Å². The number of hydrogen-bond acceptors (Lipinski definition) is 8. The number of oxazole rings is 1. The zero-order valence-corrected chi connectivity index (χ0v) is 29.8. The number of likely N-dealkylation sites (tertiary alicyclic amines) is 2. The summed E-state index contributed by atoms with van der Waals surface area (Å²) in [5.41, 5.74) is 3.65. The average Bonchev–Trinajstić information content (AvgIpc) is 4.00. The number of rotatable bonds is 10. The van der Waals surface area contributed by atoms with Crippen LogP contribution in [0.3, 0.4) is 0 Å². The first kappa shape index (κ1) is 36.8. The van der Waals surface area contributed by atoms with Gasteiger partial charge in [0.25, 0.3) is 11.8 Å². The molecule has 0 bridgehead atoms. The first-order valence-electron chi connectivity index (χ1n) is 18.1. The summed E-state index contributed by atoms with van der Waals surface area (Å²) >= 11 is 0. The van der Waals surface area contributed by atoms with Crippen LogP contribution in [-0.4, -0.2) is 87.1 Å². The number of nitrogens with zero attached hydrogens (tertiary/aromatic N) is 3. The minimum absolute atomic E-state index is 0.246. The van der Waals surface area contributed by atoms with Gasteiger partial charge in [-0.3, -0.25) is 9.59 Å². The maximum atomic E-state index is 12.8. The maximum Gasteiger partial charge on any atom is 0.319 e. The Bertz CT molecular complexity index is 1960. The minimum Gasteiger partial charge on any atom is -0.436 e. The van der Waals surface area contributed by atoms with Crippen LogP contribution in [0.15, 0.2) is 120 Å². The summed E-state index contributed by atoms with van der Waals surface area (Å²) in [5, 5.41) is 32.4. The molecule has 2 saturated heterocycles. The molecule has 2 aliphatic heterocycles. The highest BCUT2D eigenvalue weighted by Gasteiger charge is 2.32. The van der Waals surface area contributed by atoms with Crippen molar-refractivity contribution in [2.24, 2.45) is 0 Å². The highest BCUT2D eigenvalue weighted by molar-refractivity contribution is 5.91. The van der Waals surface area contributed by atoms with Crippen molar-refractivity contribution in [3.8, 4) is 22.8 Å². The number of aliphatic hydroxyl groups is 2. The number of carbonyl (C=O) groups excluding carboxylic acids is 4. The van der Waals surface area contributed by atoms with Gasteiger partial charge in [-0.05, 0) is 72.5 Å². The number of nitrogens with one attached hydrogen (secondary N) is 4. The van der Waals surface area contributed by atoms with Crippen LogP contribution < -0.4 is 21.3 Å². The van der Waals surface area contributed by atoms with E-state index < -0.39 is 24.3 Å². The highest BCUT2D eigenvalue weighted by atomic mass is 16.4. The standard InChI is InChI=1S/C41H41N7O7/c49-35(27-7-3-1-4-8-27)38(51)47-21-19-32(24-47)45-40(53)43-30-15-11-26(12-16-30)34-23-42-37(55-34)29-13-17-31(18-14-29)44-41(54)46-33-20-22-48(25-33)39(52)36(50)28-9-5-2-6-10-28/h1-18,23,32-33,35-36,49-50H,19-22,24-25H2,(H2,43,45,53)(H2,44,46,54)/t32-,33-,35+,36+/m1/s1. The molecule has 282 valence electrons. The van der Waals surface area contributed by atoms with Crippen molar-refractivity contribution in [2.45, 2.75) is 37.1 Å². The van der Waals surface area contributed by atoms with E-state index in [9.17, 15) is 29.4 Å². The number of amides is 6. The van der Waals surface area contributed by atoms with Gasteiger partial charge in [0.1, 0.15) is 0 Å². The first-order chi connectivity index (χ1) is 26.7. The lowest BCUT2D eigenvalue weighted by molar-refractivity contribution is -0.140. The van der Waals surface area contributed by atoms with Crippen LogP contribution in [0.4, 0.5) is 21.0 Å². The van der Waals surface area contributed by atoms with Crippen molar-refractivity contribution in [3.63, 3.8) is 0 Å². The fraction of sp³-hybridized carbons (Fsp3) is 0.244. The van der Waals surface area contributed by atoms with Crippen LogP contribution >= 0.6 is 0 Å². The van der Waals surface area contributed by atoms with Crippen molar-refractivity contribution in [3.05, 3.63) is 127 Å². The molecule has 1 aromatic heterocycles. The van der Waals surface area contributed by atoms with Crippen LogP contribution in [0.1, 0.15) is 36.2 Å². The van der Waals surface area contributed by atoms with E-state index in [0.29, 0.717) is 78.7 Å². The molecule has 4 atom stereocenters. The van der Waals surface area contributed by atoms with E-state index in [0.717, 1.165) is 5.56 Å². The number of aliphatic hydroxyl groups excluding tert-OH is 2. The molecule has 6 N–H and O–H groups in total. The second-order valence-corrected chi connectivity index (χ2v) is 13.5. The Kier molecular flexibility index (Phi) is 11.2. The zero-order valence-electron chi connectivity index (χ0n) is 29.8. The topological polar surface area (TPSA) is 189 Å². The maximum absolute atomic E-state index is 12.8. The lowest BCUT2D eigenvalue weighted by Crippen LogP contribution is -2.41. The van der Waals surface area contributed by atoms with Crippen LogP contribution in [0, 0.1) is 0 Å². The summed E-state index contributed by atoms with van der Waals surface area (Å²) in [4.78, 5) is 58.5. The summed E-state index contributed by atoms with van der Waals surface area (Å²) in [6.07, 6.45) is 0.285. The largest absolute Gasteiger partial charge is 0.436 e. The van der Waals surface area contributed by atoms with Crippen molar-refractivity contribution in [2.75, 3.05) is 36.8 Å². The third-order valence-electron chi connectivity index (χ3n) is 9.69. The van der Waals surface area contributed by atoms with Crippen molar-refractivity contribution < 1.29 is 33.8 Å². The Labute approximate surface area is 317 Å². The lowest BCUT2D eigenvalue weighted by Gasteiger charge is -2.20. The lowest BCUT2D eigenvalue weighted by atomic mass is 10.1. The molecule has 0 radical (unpaired) electrons. The molecule has 6 amide bonds. The van der Waals surface area contributed by atoms with Gasteiger partial charge in [-0.1, -0.05) is 60.7 Å². The van der Waals surface area contributed by atoms with E-state index in [1.54, 1.807) is 113 Å². The van der Waals surface area contributed by atoms with E-state index >= 15 is 0 Å². The van der Waals surface area contributed by atoms with Crippen LogP contribution in [0.25, 0.3) is 22.8 Å². The van der Waals surface area contributed by atoms with Crippen molar-refractivity contribution in [1.29, 1.82) is 0 Å². The molecule has 3 heterocycles. The monoisotopic (exact) mass is 743 g/mol. The Morgan fingerprint density at radius 1 is 0.618 bits per heavy atom. The highest BCUT2D eigenvalue weighted by Crippen LogP contribution is 2.28. The van der Waals surface area contributed by atoms with Gasteiger partial charge in [-0.25, -0.2) is 14.6 Å². The summed E-state index contributed by atoms with van der Waals surface area (Å²) in [5.74, 6) is 0.145. The minimum atomic E-state index is -1.24. The third kappa shape index (κ3) is 9.00. The zero-order chi connectivity index (χ0) is 38.3. The number of carbonyl (C=O) groups is 4. The van der Waals surface area contributed by atoms with E-state index in [1.165, 1.54) is 0 Å². The molecule has 55 heavy (non-hydrogen) atoms. The molecule has 5 aromatic rings. The van der Waals surface area contributed by atoms with E-state index in [1.807, 2.05) is 12.1 Å². The number of anilines is 2. The molecular formula is C41H41N7O7. The van der Waals surface area contributed by atoms with Crippen molar-refractivity contribution in [1.82, 2.24) is 25.4 Å². The SMILES string of the molecule is O=C(Nc1ccc(-c2cnc(-c3ccc(NC(=O)N[C@@H]4CCN(C(=O)[C@@H](O)c5ccccc5)C4)cc3)o2)cc1)N[C@@H]1CCN(C(=O)[C@@H](O)c2ccccc2)C1. The second-order valence-electron chi connectivity index (χ2n) is 13.5. The molecule has 2 fully saturated rings. The Balaban J connectivity index is 0.852. The smallest absolute Gasteiger partial charge is 0.319 e.